The third-order valence-corrected chi connectivity index (χ3v) is 7.19. The van der Waals surface area contributed by atoms with Crippen LogP contribution < -0.4 is 0 Å². The van der Waals surface area contributed by atoms with Crippen molar-refractivity contribution in [1.82, 2.24) is 4.98 Å². The van der Waals surface area contributed by atoms with Gasteiger partial charge in [-0.2, -0.15) is 13.2 Å². The van der Waals surface area contributed by atoms with Crippen molar-refractivity contribution in [2.24, 2.45) is 5.92 Å². The summed E-state index contributed by atoms with van der Waals surface area (Å²) < 4.78 is 45.4. The van der Waals surface area contributed by atoms with Gasteiger partial charge in [0.2, 0.25) is 11.7 Å². The second-order valence-corrected chi connectivity index (χ2v) is 10.1. The molecule has 1 fully saturated rings. The number of carboxylic acid groups (broad SMARTS) is 1. The molecule has 0 radical (unpaired) electrons. The molecule has 0 spiro atoms. The standard InChI is InChI=1S/C30H30F3NO5/c31-30(32,33)28-27(34-29(39-28)23-5-2-1-3-6-23)25(36)8-4-7-24(35)17-19-9-13-21(14-10-19)22-15-11-20(12-16-22)18-26(37)38/h1-3,5-6,9-10,13-14,20,22H,4,7-8,11-12,15-18H2,(H,37,38). The maximum absolute atomic E-state index is 13.5. The van der Waals surface area contributed by atoms with Crippen molar-refractivity contribution in [3.05, 3.63) is 77.2 Å². The fraction of sp³-hybridized carbons (Fsp3) is 0.400. The van der Waals surface area contributed by atoms with E-state index in [2.05, 4.69) is 4.98 Å². The fourth-order valence-electron chi connectivity index (χ4n) is 5.14. The average molecular weight is 542 g/mol. The minimum absolute atomic E-state index is 0.0613. The largest absolute Gasteiger partial charge is 0.481 e. The van der Waals surface area contributed by atoms with Gasteiger partial charge in [-0.15, -0.1) is 0 Å². The number of benzene rings is 2. The predicted octanol–water partition coefficient (Wildman–Crippen LogP) is 7.27. The molecule has 9 heteroatoms. The van der Waals surface area contributed by atoms with E-state index in [9.17, 15) is 27.6 Å². The lowest BCUT2D eigenvalue weighted by Crippen LogP contribution is -2.16. The monoisotopic (exact) mass is 541 g/mol. The van der Waals surface area contributed by atoms with Gasteiger partial charge in [0.25, 0.3) is 0 Å². The third kappa shape index (κ3) is 7.65. The molecule has 39 heavy (non-hydrogen) atoms. The molecule has 2 aromatic carbocycles. The molecule has 1 heterocycles. The Kier molecular flexibility index (Phi) is 8.99. The van der Waals surface area contributed by atoms with Crippen LogP contribution in [0.4, 0.5) is 13.2 Å². The Morgan fingerprint density at radius 2 is 1.59 bits per heavy atom. The van der Waals surface area contributed by atoms with E-state index in [1.807, 2.05) is 24.3 Å². The normalized spacial score (nSPS) is 17.6. The maximum atomic E-state index is 13.5. The van der Waals surface area contributed by atoms with Crippen LogP contribution in [-0.4, -0.2) is 27.6 Å². The highest BCUT2D eigenvalue weighted by atomic mass is 19.4. The molecule has 206 valence electrons. The van der Waals surface area contributed by atoms with Crippen LogP contribution in [0.5, 0.6) is 0 Å². The number of alkyl halides is 3. The summed E-state index contributed by atoms with van der Waals surface area (Å²) >= 11 is 0. The summed E-state index contributed by atoms with van der Waals surface area (Å²) in [4.78, 5) is 39.8. The first-order valence-corrected chi connectivity index (χ1v) is 13.1. The molecule has 0 amide bonds. The lowest BCUT2D eigenvalue weighted by molar-refractivity contribution is -0.153. The molecule has 4 rings (SSSR count). The molecule has 3 aromatic rings. The van der Waals surface area contributed by atoms with Crippen LogP contribution in [0.3, 0.4) is 0 Å². The Bertz CT molecular complexity index is 1290. The number of hydrogen-bond acceptors (Lipinski definition) is 5. The van der Waals surface area contributed by atoms with E-state index < -0.39 is 29.4 Å². The molecule has 0 saturated heterocycles. The number of nitrogens with zero attached hydrogens (tertiary/aromatic N) is 1. The van der Waals surface area contributed by atoms with Crippen LogP contribution in [0.2, 0.25) is 0 Å². The van der Waals surface area contributed by atoms with E-state index in [0.29, 0.717) is 11.5 Å². The highest BCUT2D eigenvalue weighted by Crippen LogP contribution is 2.38. The number of aromatic nitrogens is 1. The molecule has 1 aliphatic rings. The molecule has 0 unspecified atom stereocenters. The van der Waals surface area contributed by atoms with Crippen molar-refractivity contribution < 1.29 is 37.1 Å². The highest BCUT2D eigenvalue weighted by Gasteiger charge is 2.41. The Balaban J connectivity index is 1.27. The second-order valence-electron chi connectivity index (χ2n) is 10.1. The summed E-state index contributed by atoms with van der Waals surface area (Å²) in [6, 6.07) is 15.8. The number of halogens is 3. The van der Waals surface area contributed by atoms with E-state index in [4.69, 9.17) is 9.52 Å². The van der Waals surface area contributed by atoms with E-state index in [1.165, 1.54) is 5.56 Å². The molecule has 1 aromatic heterocycles. The lowest BCUT2D eigenvalue weighted by atomic mass is 9.77. The number of Topliss-reactive ketones (excluding diaryl/α,β-unsaturated/α-hetero) is 2. The van der Waals surface area contributed by atoms with Crippen LogP contribution in [0.1, 0.15) is 84.7 Å². The molecule has 0 atom stereocenters. The van der Waals surface area contributed by atoms with Crippen molar-refractivity contribution >= 4 is 17.5 Å². The number of rotatable bonds is 11. The Morgan fingerprint density at radius 1 is 0.923 bits per heavy atom. The van der Waals surface area contributed by atoms with E-state index in [-0.39, 0.29) is 49.7 Å². The van der Waals surface area contributed by atoms with Crippen LogP contribution >= 0.6 is 0 Å². The maximum Gasteiger partial charge on any atom is 0.452 e. The number of carboxylic acids is 1. The molecule has 0 bridgehead atoms. The van der Waals surface area contributed by atoms with Crippen LogP contribution in [0, 0.1) is 5.92 Å². The number of ketones is 2. The van der Waals surface area contributed by atoms with Crippen molar-refractivity contribution in [2.75, 3.05) is 0 Å². The van der Waals surface area contributed by atoms with Gasteiger partial charge < -0.3 is 9.52 Å². The van der Waals surface area contributed by atoms with Gasteiger partial charge in [0.05, 0.1) is 0 Å². The molecule has 1 N–H and O–H groups in total. The first-order chi connectivity index (χ1) is 18.6. The van der Waals surface area contributed by atoms with Gasteiger partial charge in [-0.25, -0.2) is 4.98 Å². The molecular formula is C30H30F3NO5. The summed E-state index contributed by atoms with van der Waals surface area (Å²) in [6.45, 7) is 0. The second kappa shape index (κ2) is 12.4. The van der Waals surface area contributed by atoms with Crippen LogP contribution in [-0.2, 0) is 22.2 Å². The first-order valence-electron chi connectivity index (χ1n) is 13.1. The number of aliphatic carboxylic acids is 1. The van der Waals surface area contributed by atoms with Crippen molar-refractivity contribution in [1.29, 1.82) is 0 Å². The van der Waals surface area contributed by atoms with Crippen LogP contribution in [0.15, 0.2) is 59.0 Å². The van der Waals surface area contributed by atoms with E-state index in [1.54, 1.807) is 30.3 Å². The average Bonchev–Trinajstić information content (AvgIpc) is 3.37. The Hall–Kier alpha value is -3.75. The van der Waals surface area contributed by atoms with Gasteiger partial charge in [-0.1, -0.05) is 42.5 Å². The smallest absolute Gasteiger partial charge is 0.452 e. The predicted molar refractivity (Wildman–Crippen MR) is 137 cm³/mol. The summed E-state index contributed by atoms with van der Waals surface area (Å²) in [6.07, 6.45) is -0.885. The van der Waals surface area contributed by atoms with Gasteiger partial charge in [-0.05, 0) is 67.2 Å². The zero-order chi connectivity index (χ0) is 28.0. The fourth-order valence-corrected chi connectivity index (χ4v) is 5.14. The lowest BCUT2D eigenvalue weighted by Gasteiger charge is -2.28. The molecule has 0 aliphatic heterocycles. The molecule has 1 saturated carbocycles. The minimum Gasteiger partial charge on any atom is -0.481 e. The quantitative estimate of drug-likeness (QED) is 0.256. The van der Waals surface area contributed by atoms with Gasteiger partial charge in [0, 0.05) is 31.2 Å². The van der Waals surface area contributed by atoms with Gasteiger partial charge in [0.1, 0.15) is 5.78 Å². The number of carbonyl (C=O) groups excluding carboxylic acids is 2. The zero-order valence-corrected chi connectivity index (χ0v) is 21.4. The van der Waals surface area contributed by atoms with Crippen molar-refractivity contribution in [3.8, 4) is 11.5 Å². The van der Waals surface area contributed by atoms with Gasteiger partial charge >= 0.3 is 12.1 Å². The molecule has 6 nitrogen and oxygen atoms in total. The van der Waals surface area contributed by atoms with E-state index >= 15 is 0 Å². The van der Waals surface area contributed by atoms with Crippen molar-refractivity contribution in [3.63, 3.8) is 0 Å². The van der Waals surface area contributed by atoms with Crippen LogP contribution in [0.25, 0.3) is 11.5 Å². The Morgan fingerprint density at radius 3 is 2.21 bits per heavy atom. The third-order valence-electron chi connectivity index (χ3n) is 7.19. The number of oxazole rings is 1. The van der Waals surface area contributed by atoms with Gasteiger partial charge in [0.15, 0.2) is 11.5 Å². The summed E-state index contributed by atoms with van der Waals surface area (Å²) in [7, 11) is 0. The topological polar surface area (TPSA) is 97.5 Å². The molecule has 1 aliphatic carbocycles. The van der Waals surface area contributed by atoms with E-state index in [0.717, 1.165) is 31.2 Å². The summed E-state index contributed by atoms with van der Waals surface area (Å²) in [5.41, 5.74) is 1.57. The SMILES string of the molecule is O=C(O)CC1CCC(c2ccc(CC(=O)CCCC(=O)c3nc(-c4ccccc4)oc3C(F)(F)F)cc2)CC1. The molecular weight excluding hydrogens is 511 g/mol. The summed E-state index contributed by atoms with van der Waals surface area (Å²) in [5, 5.41) is 8.97. The Labute approximate surface area is 224 Å². The number of carbonyl (C=O) groups is 3. The number of hydrogen-bond donors (Lipinski definition) is 1. The van der Waals surface area contributed by atoms with Crippen molar-refractivity contribution in [2.45, 2.75) is 69.9 Å². The summed E-state index contributed by atoms with van der Waals surface area (Å²) in [5.74, 6) is -2.76. The zero-order valence-electron chi connectivity index (χ0n) is 21.4. The first kappa shape index (κ1) is 28.3. The minimum atomic E-state index is -4.87. The van der Waals surface area contributed by atoms with Gasteiger partial charge in [-0.3, -0.25) is 14.4 Å². The highest BCUT2D eigenvalue weighted by molar-refractivity contribution is 5.96.